The molecule has 7 heteroatoms. The summed E-state index contributed by atoms with van der Waals surface area (Å²) in [6.07, 6.45) is 12.0. The smallest absolute Gasteiger partial charge is 0.259 e. The van der Waals surface area contributed by atoms with Crippen molar-refractivity contribution in [1.82, 2.24) is 29.3 Å². The third-order valence-corrected chi connectivity index (χ3v) is 4.35. The van der Waals surface area contributed by atoms with Gasteiger partial charge in [0.2, 0.25) is 0 Å². The third-order valence-electron chi connectivity index (χ3n) is 4.35. The van der Waals surface area contributed by atoms with Crippen molar-refractivity contribution in [3.8, 4) is 0 Å². The van der Waals surface area contributed by atoms with Crippen LogP contribution in [0.5, 0.6) is 0 Å². The Morgan fingerprint density at radius 2 is 2.09 bits per heavy atom. The van der Waals surface area contributed by atoms with Crippen LogP contribution in [0.25, 0.3) is 5.65 Å². The van der Waals surface area contributed by atoms with Crippen molar-refractivity contribution in [2.45, 2.75) is 31.8 Å². The van der Waals surface area contributed by atoms with Crippen LogP contribution in [0.4, 0.5) is 0 Å². The maximum atomic E-state index is 13.0. The van der Waals surface area contributed by atoms with E-state index in [2.05, 4.69) is 15.2 Å². The summed E-state index contributed by atoms with van der Waals surface area (Å²) in [6.45, 7) is 1.50. The first kappa shape index (κ1) is 13.9. The highest BCUT2D eigenvalue weighted by Gasteiger charge is 2.29. The molecule has 7 nitrogen and oxygen atoms in total. The minimum atomic E-state index is 0.00977. The molecule has 23 heavy (non-hydrogen) atoms. The molecule has 4 rings (SSSR count). The lowest BCUT2D eigenvalue weighted by molar-refractivity contribution is 0.0585. The van der Waals surface area contributed by atoms with Crippen LogP contribution >= 0.6 is 0 Å². The Hall–Kier alpha value is -2.70. The van der Waals surface area contributed by atoms with Crippen LogP contribution in [0.1, 0.15) is 29.6 Å². The molecule has 1 amide bonds. The highest BCUT2D eigenvalue weighted by atomic mass is 16.2. The number of rotatable bonds is 3. The quantitative estimate of drug-likeness (QED) is 0.737. The van der Waals surface area contributed by atoms with E-state index in [-0.39, 0.29) is 11.9 Å². The highest BCUT2D eigenvalue weighted by Crippen LogP contribution is 2.22. The zero-order chi connectivity index (χ0) is 15.6. The van der Waals surface area contributed by atoms with Gasteiger partial charge in [-0.25, -0.2) is 9.50 Å². The first-order chi connectivity index (χ1) is 11.3. The van der Waals surface area contributed by atoms with E-state index >= 15 is 0 Å². The second kappa shape index (κ2) is 5.83. The monoisotopic (exact) mass is 310 g/mol. The second-order valence-electron chi connectivity index (χ2n) is 5.82. The molecular formula is C16H18N6O. The number of hydrogen-bond acceptors (Lipinski definition) is 4. The Balaban J connectivity index is 1.62. The Bertz CT molecular complexity index is 809. The molecule has 1 fully saturated rings. The van der Waals surface area contributed by atoms with Gasteiger partial charge in [-0.1, -0.05) is 0 Å². The van der Waals surface area contributed by atoms with Crippen molar-refractivity contribution in [2.75, 3.05) is 6.54 Å². The summed E-state index contributed by atoms with van der Waals surface area (Å²) in [4.78, 5) is 19.3. The predicted molar refractivity (Wildman–Crippen MR) is 83.9 cm³/mol. The van der Waals surface area contributed by atoms with Gasteiger partial charge < -0.3 is 4.90 Å². The van der Waals surface area contributed by atoms with Crippen LogP contribution < -0.4 is 0 Å². The zero-order valence-electron chi connectivity index (χ0n) is 12.7. The molecule has 0 radical (unpaired) electrons. The van der Waals surface area contributed by atoms with Crippen molar-refractivity contribution in [3.05, 3.63) is 48.7 Å². The fourth-order valence-electron chi connectivity index (χ4n) is 3.21. The van der Waals surface area contributed by atoms with Gasteiger partial charge in [-0.2, -0.15) is 10.2 Å². The van der Waals surface area contributed by atoms with Gasteiger partial charge in [0.05, 0.1) is 18.8 Å². The number of carbonyl (C=O) groups excluding carboxylic acids is 1. The van der Waals surface area contributed by atoms with Crippen LogP contribution in [0.2, 0.25) is 0 Å². The van der Waals surface area contributed by atoms with Crippen molar-refractivity contribution < 1.29 is 4.79 Å². The van der Waals surface area contributed by atoms with Crippen LogP contribution in [0, 0.1) is 0 Å². The Morgan fingerprint density at radius 3 is 2.96 bits per heavy atom. The maximum absolute atomic E-state index is 13.0. The molecule has 0 aliphatic carbocycles. The number of fused-ring (bicyclic) bond motifs is 1. The third kappa shape index (κ3) is 2.58. The normalized spacial score (nSPS) is 18.4. The molecule has 0 saturated carbocycles. The van der Waals surface area contributed by atoms with Crippen molar-refractivity contribution >= 4 is 11.6 Å². The number of hydrogen-bond donors (Lipinski definition) is 0. The summed E-state index contributed by atoms with van der Waals surface area (Å²) in [7, 11) is 0. The first-order valence-corrected chi connectivity index (χ1v) is 7.90. The number of piperidine rings is 1. The first-order valence-electron chi connectivity index (χ1n) is 7.90. The Kier molecular flexibility index (Phi) is 3.53. The summed E-state index contributed by atoms with van der Waals surface area (Å²) >= 11 is 0. The molecule has 1 atom stereocenters. The summed E-state index contributed by atoms with van der Waals surface area (Å²) in [5.41, 5.74) is 1.18. The molecule has 1 unspecified atom stereocenters. The van der Waals surface area contributed by atoms with E-state index in [4.69, 9.17) is 0 Å². The average molecular weight is 310 g/mol. The minimum Gasteiger partial charge on any atom is -0.334 e. The van der Waals surface area contributed by atoms with Gasteiger partial charge in [-0.05, 0) is 31.4 Å². The summed E-state index contributed by atoms with van der Waals surface area (Å²) in [5.74, 6) is 0.00977. The lowest BCUT2D eigenvalue weighted by Gasteiger charge is -2.35. The van der Waals surface area contributed by atoms with Gasteiger partial charge in [0.25, 0.3) is 5.91 Å². The average Bonchev–Trinajstić information content (AvgIpc) is 3.24. The van der Waals surface area contributed by atoms with Gasteiger partial charge in [0.15, 0.2) is 5.65 Å². The summed E-state index contributed by atoms with van der Waals surface area (Å²) in [5, 5.41) is 8.49. The number of amides is 1. The predicted octanol–water partition coefficient (Wildman–Crippen LogP) is 1.62. The van der Waals surface area contributed by atoms with Gasteiger partial charge in [-0.3, -0.25) is 9.48 Å². The molecule has 0 aromatic carbocycles. The zero-order valence-corrected chi connectivity index (χ0v) is 12.7. The molecule has 0 bridgehead atoms. The van der Waals surface area contributed by atoms with Crippen LogP contribution in [0.3, 0.4) is 0 Å². The van der Waals surface area contributed by atoms with Crippen molar-refractivity contribution in [3.63, 3.8) is 0 Å². The number of aromatic nitrogens is 5. The lowest BCUT2D eigenvalue weighted by Crippen LogP contribution is -2.45. The van der Waals surface area contributed by atoms with E-state index < -0.39 is 0 Å². The standard InChI is InChI=1S/C16H18N6O/c23-16(14-11-19-22-10-3-6-17-15(14)22)21-9-2-1-5-13(21)12-20-8-4-7-18-20/h3-4,6-8,10-11,13H,1-2,5,9,12H2. The Morgan fingerprint density at radius 1 is 1.17 bits per heavy atom. The fraction of sp³-hybridized carbons (Fsp3) is 0.375. The summed E-state index contributed by atoms with van der Waals surface area (Å²) < 4.78 is 3.53. The van der Waals surface area contributed by atoms with Crippen LogP contribution in [0.15, 0.2) is 43.1 Å². The molecule has 1 aliphatic rings. The van der Waals surface area contributed by atoms with E-state index in [0.717, 1.165) is 32.4 Å². The lowest BCUT2D eigenvalue weighted by atomic mass is 10.0. The molecule has 3 aromatic heterocycles. The fourth-order valence-corrected chi connectivity index (χ4v) is 3.21. The van der Waals surface area contributed by atoms with Gasteiger partial charge in [0.1, 0.15) is 5.56 Å². The largest absolute Gasteiger partial charge is 0.334 e. The molecule has 118 valence electrons. The van der Waals surface area contributed by atoms with E-state index in [1.807, 2.05) is 21.8 Å². The highest BCUT2D eigenvalue weighted by molar-refractivity contribution is 5.99. The van der Waals surface area contributed by atoms with Gasteiger partial charge in [0, 0.05) is 31.3 Å². The van der Waals surface area contributed by atoms with E-state index in [0.29, 0.717) is 11.2 Å². The van der Waals surface area contributed by atoms with Gasteiger partial charge >= 0.3 is 0 Å². The number of carbonyl (C=O) groups is 1. The molecule has 0 N–H and O–H groups in total. The molecule has 1 aliphatic heterocycles. The number of nitrogens with zero attached hydrogens (tertiary/aromatic N) is 6. The molecular weight excluding hydrogens is 292 g/mol. The number of likely N-dealkylation sites (tertiary alicyclic amines) is 1. The molecule has 4 heterocycles. The molecule has 3 aromatic rings. The SMILES string of the molecule is O=C(c1cnn2cccnc12)N1CCCCC1Cn1cccn1. The van der Waals surface area contributed by atoms with E-state index in [9.17, 15) is 4.79 Å². The van der Waals surface area contributed by atoms with Crippen LogP contribution in [-0.4, -0.2) is 47.8 Å². The molecule has 1 saturated heterocycles. The van der Waals surface area contributed by atoms with Crippen molar-refractivity contribution in [2.24, 2.45) is 0 Å². The molecule has 0 spiro atoms. The van der Waals surface area contributed by atoms with Gasteiger partial charge in [-0.15, -0.1) is 0 Å². The van der Waals surface area contributed by atoms with Crippen molar-refractivity contribution in [1.29, 1.82) is 0 Å². The minimum absolute atomic E-state index is 0.00977. The summed E-state index contributed by atoms with van der Waals surface area (Å²) in [6, 6.07) is 3.87. The Labute approximate surface area is 133 Å². The second-order valence-corrected chi connectivity index (χ2v) is 5.82. The van der Waals surface area contributed by atoms with Crippen LogP contribution in [-0.2, 0) is 6.54 Å². The maximum Gasteiger partial charge on any atom is 0.259 e. The van der Waals surface area contributed by atoms with E-state index in [1.54, 1.807) is 35.4 Å². The van der Waals surface area contributed by atoms with E-state index in [1.165, 1.54) is 0 Å². The topological polar surface area (TPSA) is 68.3 Å².